The molecule has 0 saturated heterocycles. The first-order valence-electron chi connectivity index (χ1n) is 7.57. The second-order valence-electron chi connectivity index (χ2n) is 5.06. The standard InChI is InChI=1S/C17H15N3O5/c1-2-24-14(21)10-20-12-7-4-3-6-11(12)15(17(20)23)18-19-16(22)13-8-5-9-25-13/h3-9,23H,2,10H2,1H3. The number of benzene rings is 1. The van der Waals surface area contributed by atoms with Crippen molar-refractivity contribution in [1.29, 1.82) is 0 Å². The number of amides is 1. The van der Waals surface area contributed by atoms with E-state index in [9.17, 15) is 14.7 Å². The Hall–Kier alpha value is -3.42. The highest BCUT2D eigenvalue weighted by Gasteiger charge is 2.19. The maximum absolute atomic E-state index is 11.9. The molecule has 0 saturated carbocycles. The molecular weight excluding hydrogens is 326 g/mol. The van der Waals surface area contributed by atoms with Crippen LogP contribution in [0.2, 0.25) is 0 Å². The van der Waals surface area contributed by atoms with Crippen LogP contribution >= 0.6 is 0 Å². The van der Waals surface area contributed by atoms with E-state index in [1.54, 1.807) is 37.3 Å². The van der Waals surface area contributed by atoms with Crippen LogP contribution in [0, 0.1) is 0 Å². The highest BCUT2D eigenvalue weighted by molar-refractivity contribution is 5.97. The zero-order valence-corrected chi connectivity index (χ0v) is 13.4. The normalized spacial score (nSPS) is 11.2. The molecule has 0 bridgehead atoms. The summed E-state index contributed by atoms with van der Waals surface area (Å²) in [7, 11) is 0. The molecule has 2 aromatic heterocycles. The van der Waals surface area contributed by atoms with Crippen molar-refractivity contribution in [2.24, 2.45) is 10.2 Å². The Morgan fingerprint density at radius 1 is 1.24 bits per heavy atom. The Bertz CT molecular complexity index is 941. The van der Waals surface area contributed by atoms with Gasteiger partial charge >= 0.3 is 11.9 Å². The molecule has 3 rings (SSSR count). The van der Waals surface area contributed by atoms with Crippen molar-refractivity contribution >= 4 is 28.5 Å². The maximum atomic E-state index is 11.9. The van der Waals surface area contributed by atoms with Gasteiger partial charge < -0.3 is 14.3 Å². The van der Waals surface area contributed by atoms with Crippen molar-refractivity contribution < 1.29 is 23.8 Å². The average molecular weight is 341 g/mol. The summed E-state index contributed by atoms with van der Waals surface area (Å²) in [6.45, 7) is 1.76. The van der Waals surface area contributed by atoms with Gasteiger partial charge in [0.15, 0.2) is 11.4 Å². The van der Waals surface area contributed by atoms with E-state index in [0.29, 0.717) is 10.9 Å². The smallest absolute Gasteiger partial charge is 0.331 e. The molecule has 3 aromatic rings. The van der Waals surface area contributed by atoms with Crippen LogP contribution in [0.1, 0.15) is 17.5 Å². The van der Waals surface area contributed by atoms with Gasteiger partial charge in [0.25, 0.3) is 0 Å². The zero-order valence-electron chi connectivity index (χ0n) is 13.4. The lowest BCUT2D eigenvalue weighted by Crippen LogP contribution is -2.12. The van der Waals surface area contributed by atoms with E-state index >= 15 is 0 Å². The highest BCUT2D eigenvalue weighted by Crippen LogP contribution is 2.38. The second kappa shape index (κ2) is 7.00. The van der Waals surface area contributed by atoms with Gasteiger partial charge in [0.1, 0.15) is 6.54 Å². The molecule has 1 amide bonds. The molecule has 2 heterocycles. The van der Waals surface area contributed by atoms with E-state index in [-0.39, 0.29) is 30.5 Å². The summed E-state index contributed by atoms with van der Waals surface area (Å²) in [5.41, 5.74) is 0.673. The predicted molar refractivity (Wildman–Crippen MR) is 87.8 cm³/mol. The third kappa shape index (κ3) is 3.27. The molecule has 0 spiro atoms. The van der Waals surface area contributed by atoms with E-state index < -0.39 is 11.9 Å². The van der Waals surface area contributed by atoms with E-state index in [0.717, 1.165) is 0 Å². The van der Waals surface area contributed by atoms with Gasteiger partial charge in [-0.25, -0.2) is 0 Å². The van der Waals surface area contributed by atoms with E-state index in [4.69, 9.17) is 9.15 Å². The number of fused-ring (bicyclic) bond motifs is 1. The topological polar surface area (TPSA) is 106 Å². The molecule has 128 valence electrons. The third-order valence-corrected chi connectivity index (χ3v) is 3.48. The molecule has 0 radical (unpaired) electrons. The molecule has 0 unspecified atom stereocenters. The molecule has 8 heteroatoms. The number of carbonyl (C=O) groups excluding carboxylic acids is 2. The highest BCUT2D eigenvalue weighted by atomic mass is 16.5. The Labute approximate surface area is 142 Å². The van der Waals surface area contributed by atoms with Gasteiger partial charge in [0.2, 0.25) is 5.88 Å². The molecule has 0 aliphatic heterocycles. The Morgan fingerprint density at radius 3 is 2.76 bits per heavy atom. The number of aromatic hydroxyl groups is 1. The molecule has 0 aliphatic carbocycles. The summed E-state index contributed by atoms with van der Waals surface area (Å²) in [6, 6.07) is 9.98. The number of ether oxygens (including phenoxy) is 1. The van der Waals surface area contributed by atoms with E-state index in [1.165, 1.54) is 16.9 Å². The minimum absolute atomic E-state index is 0.0403. The second-order valence-corrected chi connectivity index (χ2v) is 5.06. The van der Waals surface area contributed by atoms with E-state index in [1.807, 2.05) is 0 Å². The lowest BCUT2D eigenvalue weighted by molar-refractivity contribution is -0.143. The van der Waals surface area contributed by atoms with Gasteiger partial charge in [-0.2, -0.15) is 0 Å². The molecular formula is C17H15N3O5. The number of azo groups is 1. The van der Waals surface area contributed by atoms with Crippen LogP contribution in [0.4, 0.5) is 5.69 Å². The molecule has 8 nitrogen and oxygen atoms in total. The van der Waals surface area contributed by atoms with Crippen LogP contribution in [0.5, 0.6) is 5.88 Å². The third-order valence-electron chi connectivity index (χ3n) is 3.48. The van der Waals surface area contributed by atoms with Crippen LogP contribution in [-0.2, 0) is 16.1 Å². The van der Waals surface area contributed by atoms with Crippen molar-refractivity contribution in [2.45, 2.75) is 13.5 Å². The van der Waals surface area contributed by atoms with Gasteiger partial charge in [0.05, 0.1) is 18.4 Å². The molecule has 0 atom stereocenters. The number of aromatic nitrogens is 1. The molecule has 1 N–H and O–H groups in total. The van der Waals surface area contributed by atoms with Gasteiger partial charge in [-0.05, 0) is 25.1 Å². The number of hydrogen-bond acceptors (Lipinski definition) is 6. The SMILES string of the molecule is CCOC(=O)Cn1c(O)c(N=NC(=O)c2ccco2)c2ccccc21. The largest absolute Gasteiger partial charge is 0.493 e. The summed E-state index contributed by atoms with van der Waals surface area (Å²) in [5.74, 6) is -1.40. The lowest BCUT2D eigenvalue weighted by Gasteiger charge is -2.06. The number of para-hydroxylation sites is 1. The fourth-order valence-corrected chi connectivity index (χ4v) is 2.41. The van der Waals surface area contributed by atoms with Crippen LogP contribution < -0.4 is 0 Å². The lowest BCUT2D eigenvalue weighted by atomic mass is 10.2. The van der Waals surface area contributed by atoms with Crippen LogP contribution in [0.15, 0.2) is 57.3 Å². The van der Waals surface area contributed by atoms with Crippen molar-refractivity contribution in [1.82, 2.24) is 4.57 Å². The number of nitrogens with zero attached hydrogens (tertiary/aromatic N) is 3. The summed E-state index contributed by atoms with van der Waals surface area (Å²) >= 11 is 0. The van der Waals surface area contributed by atoms with Crippen molar-refractivity contribution in [3.8, 4) is 5.88 Å². The summed E-state index contributed by atoms with van der Waals surface area (Å²) in [4.78, 5) is 23.6. The fourth-order valence-electron chi connectivity index (χ4n) is 2.41. The fraction of sp³-hybridized carbons (Fsp3) is 0.176. The Balaban J connectivity index is 1.99. The van der Waals surface area contributed by atoms with Crippen LogP contribution in [0.25, 0.3) is 10.9 Å². The molecule has 25 heavy (non-hydrogen) atoms. The van der Waals surface area contributed by atoms with Crippen molar-refractivity contribution in [3.63, 3.8) is 0 Å². The molecule has 0 aliphatic rings. The van der Waals surface area contributed by atoms with Gasteiger partial charge in [-0.15, -0.1) is 10.2 Å². The van der Waals surface area contributed by atoms with E-state index in [2.05, 4.69) is 10.2 Å². The quantitative estimate of drug-likeness (QED) is 0.565. The summed E-state index contributed by atoms with van der Waals surface area (Å²) in [5, 5.41) is 18.4. The first-order valence-corrected chi connectivity index (χ1v) is 7.57. The number of esters is 1. The summed E-state index contributed by atoms with van der Waals surface area (Å²) in [6.07, 6.45) is 1.35. The van der Waals surface area contributed by atoms with Crippen molar-refractivity contribution in [2.75, 3.05) is 6.61 Å². The van der Waals surface area contributed by atoms with Crippen molar-refractivity contribution in [3.05, 3.63) is 48.4 Å². The molecule has 0 fully saturated rings. The minimum Gasteiger partial charge on any atom is -0.493 e. The average Bonchev–Trinajstić information content (AvgIpc) is 3.22. The van der Waals surface area contributed by atoms with Gasteiger partial charge in [0, 0.05) is 5.39 Å². The summed E-state index contributed by atoms with van der Waals surface area (Å²) < 4.78 is 11.2. The van der Waals surface area contributed by atoms with Crippen LogP contribution in [-0.4, -0.2) is 28.2 Å². The minimum atomic E-state index is -0.674. The number of carbonyl (C=O) groups is 2. The Kier molecular flexibility index (Phi) is 4.60. The monoisotopic (exact) mass is 341 g/mol. The number of hydrogen-bond donors (Lipinski definition) is 1. The Morgan fingerprint density at radius 2 is 2.04 bits per heavy atom. The zero-order chi connectivity index (χ0) is 17.8. The maximum Gasteiger partial charge on any atom is 0.331 e. The van der Waals surface area contributed by atoms with Crippen LogP contribution in [0.3, 0.4) is 0 Å². The predicted octanol–water partition coefficient (Wildman–Crippen LogP) is 3.43. The first kappa shape index (κ1) is 16.4. The number of furan rings is 1. The molecule has 1 aromatic carbocycles. The van der Waals surface area contributed by atoms with Gasteiger partial charge in [-0.1, -0.05) is 18.2 Å². The number of rotatable bonds is 5. The van der Waals surface area contributed by atoms with Gasteiger partial charge in [-0.3, -0.25) is 14.2 Å². The first-order chi connectivity index (χ1) is 12.1.